The zero-order valence-corrected chi connectivity index (χ0v) is 14.4. The summed E-state index contributed by atoms with van der Waals surface area (Å²) in [6, 6.07) is 5.82. The summed E-state index contributed by atoms with van der Waals surface area (Å²) < 4.78 is 5.47. The van der Waals surface area contributed by atoms with Gasteiger partial charge >= 0.3 is 0 Å². The lowest BCUT2D eigenvalue weighted by molar-refractivity contribution is 0.446. The van der Waals surface area contributed by atoms with Crippen LogP contribution in [0.25, 0.3) is 11.1 Å². The van der Waals surface area contributed by atoms with E-state index in [2.05, 4.69) is 29.5 Å². The molecule has 0 radical (unpaired) electrons. The van der Waals surface area contributed by atoms with Crippen LogP contribution in [-0.4, -0.2) is 16.6 Å². The zero-order chi connectivity index (χ0) is 15.9. The summed E-state index contributed by atoms with van der Waals surface area (Å²) in [5, 5.41) is 7.20. The Hall–Kier alpha value is -1.62. The summed E-state index contributed by atoms with van der Waals surface area (Å²) in [4.78, 5) is 4.33. The number of fused-ring (bicyclic) bond motifs is 1. The first-order valence-electron chi connectivity index (χ1n) is 8.04. The predicted octanol–water partition coefficient (Wildman–Crippen LogP) is 4.64. The molecule has 0 saturated carbocycles. The van der Waals surface area contributed by atoms with Crippen molar-refractivity contribution in [3.63, 3.8) is 0 Å². The second-order valence-corrected chi connectivity index (χ2v) is 6.08. The summed E-state index contributed by atoms with van der Waals surface area (Å²) in [6.07, 6.45) is 4.96. The van der Waals surface area contributed by atoms with E-state index in [1.807, 2.05) is 25.1 Å². The number of hydrogen-bond donors (Lipinski definition) is 2. The molecule has 0 spiro atoms. The zero-order valence-electron chi connectivity index (χ0n) is 13.6. The van der Waals surface area contributed by atoms with E-state index in [4.69, 9.17) is 16.6 Å². The molecule has 1 aromatic heterocycles. The van der Waals surface area contributed by atoms with Crippen molar-refractivity contribution in [2.45, 2.75) is 46.5 Å². The summed E-state index contributed by atoms with van der Waals surface area (Å²) in [5.74, 6) is 1.36. The van der Waals surface area contributed by atoms with Crippen molar-refractivity contribution in [1.29, 1.82) is 0 Å². The van der Waals surface area contributed by atoms with E-state index in [9.17, 15) is 0 Å². The van der Waals surface area contributed by atoms with Gasteiger partial charge in [-0.2, -0.15) is 0 Å². The highest BCUT2D eigenvalue weighted by Gasteiger charge is 2.08. The maximum Gasteiger partial charge on any atom is 0.192 e. The number of nitrogens with one attached hydrogen (secondary N) is 2. The number of benzene rings is 1. The summed E-state index contributed by atoms with van der Waals surface area (Å²) in [7, 11) is 0. The third-order valence-electron chi connectivity index (χ3n) is 3.85. The Kier molecular flexibility index (Phi) is 6.19. The highest BCUT2D eigenvalue weighted by molar-refractivity contribution is 7.80. The number of anilines is 1. The van der Waals surface area contributed by atoms with Gasteiger partial charge in [0, 0.05) is 19.2 Å². The number of nitrogens with zero attached hydrogens (tertiary/aromatic N) is 1. The van der Waals surface area contributed by atoms with E-state index >= 15 is 0 Å². The van der Waals surface area contributed by atoms with Gasteiger partial charge in [0.1, 0.15) is 5.52 Å². The van der Waals surface area contributed by atoms with Gasteiger partial charge in [-0.3, -0.25) is 0 Å². The molecule has 120 valence electrons. The maximum absolute atomic E-state index is 5.47. The second kappa shape index (κ2) is 8.13. The number of unbranched alkanes of at least 4 members (excludes halogenated alkanes) is 1. The first-order valence-corrected chi connectivity index (χ1v) is 8.45. The Balaban J connectivity index is 1.87. The third kappa shape index (κ3) is 4.70. The van der Waals surface area contributed by atoms with E-state index in [1.54, 1.807) is 0 Å². The summed E-state index contributed by atoms with van der Waals surface area (Å²) in [6.45, 7) is 7.24. The molecule has 2 N–H and O–H groups in total. The van der Waals surface area contributed by atoms with Crippen molar-refractivity contribution in [2.75, 3.05) is 11.9 Å². The van der Waals surface area contributed by atoms with Gasteiger partial charge in [-0.25, -0.2) is 4.98 Å². The van der Waals surface area contributed by atoms with Gasteiger partial charge in [0.15, 0.2) is 16.6 Å². The molecule has 0 fully saturated rings. The molecule has 0 bridgehead atoms. The van der Waals surface area contributed by atoms with E-state index in [1.165, 1.54) is 25.7 Å². The van der Waals surface area contributed by atoms with Crippen LogP contribution in [0.5, 0.6) is 0 Å². The molecule has 5 heteroatoms. The van der Waals surface area contributed by atoms with Crippen LogP contribution in [0.15, 0.2) is 22.6 Å². The lowest BCUT2D eigenvalue weighted by atomic mass is 9.99. The number of thiocarbonyl (C=S) groups is 1. The average Bonchev–Trinajstić information content (AvgIpc) is 2.87. The summed E-state index contributed by atoms with van der Waals surface area (Å²) in [5.41, 5.74) is 2.58. The lowest BCUT2D eigenvalue weighted by Crippen LogP contribution is -2.32. The van der Waals surface area contributed by atoms with Crippen molar-refractivity contribution >= 4 is 34.1 Å². The van der Waals surface area contributed by atoms with Crippen LogP contribution in [0.4, 0.5) is 5.69 Å². The number of aromatic nitrogens is 1. The van der Waals surface area contributed by atoms with Gasteiger partial charge in [0.25, 0.3) is 0 Å². The lowest BCUT2D eigenvalue weighted by Gasteiger charge is -2.17. The summed E-state index contributed by atoms with van der Waals surface area (Å²) >= 11 is 5.38. The molecule has 0 amide bonds. The van der Waals surface area contributed by atoms with E-state index in [0.29, 0.717) is 16.9 Å². The van der Waals surface area contributed by atoms with Crippen molar-refractivity contribution in [1.82, 2.24) is 10.3 Å². The monoisotopic (exact) mass is 319 g/mol. The molecule has 0 aliphatic carbocycles. The number of oxazole rings is 1. The molecule has 1 heterocycles. The van der Waals surface area contributed by atoms with Crippen molar-refractivity contribution < 1.29 is 4.42 Å². The fourth-order valence-corrected chi connectivity index (χ4v) is 2.68. The van der Waals surface area contributed by atoms with Crippen LogP contribution in [-0.2, 0) is 0 Å². The van der Waals surface area contributed by atoms with Gasteiger partial charge < -0.3 is 15.1 Å². The van der Waals surface area contributed by atoms with E-state index in [-0.39, 0.29) is 0 Å². The number of aryl methyl sites for hydroxylation is 1. The van der Waals surface area contributed by atoms with Crippen LogP contribution in [0.1, 0.15) is 45.4 Å². The first kappa shape index (κ1) is 16.7. The maximum atomic E-state index is 5.47. The normalized spacial score (nSPS) is 12.3. The fourth-order valence-electron chi connectivity index (χ4n) is 2.48. The van der Waals surface area contributed by atoms with Gasteiger partial charge in [-0.1, -0.05) is 33.1 Å². The minimum Gasteiger partial charge on any atom is -0.441 e. The van der Waals surface area contributed by atoms with E-state index in [0.717, 1.165) is 23.3 Å². The van der Waals surface area contributed by atoms with Crippen molar-refractivity contribution in [3.05, 3.63) is 24.1 Å². The van der Waals surface area contributed by atoms with Gasteiger partial charge in [0.2, 0.25) is 0 Å². The molecule has 0 saturated heterocycles. The van der Waals surface area contributed by atoms with Crippen LogP contribution < -0.4 is 10.6 Å². The Morgan fingerprint density at radius 3 is 2.91 bits per heavy atom. The quantitative estimate of drug-likeness (QED) is 0.728. The Labute approximate surface area is 137 Å². The molecule has 0 unspecified atom stereocenters. The molecule has 2 aromatic rings. The van der Waals surface area contributed by atoms with Crippen LogP contribution in [0.3, 0.4) is 0 Å². The number of rotatable bonds is 7. The van der Waals surface area contributed by atoms with Crippen molar-refractivity contribution in [3.8, 4) is 0 Å². The molecule has 1 atom stereocenters. The highest BCUT2D eigenvalue weighted by Crippen LogP contribution is 2.19. The molecule has 22 heavy (non-hydrogen) atoms. The third-order valence-corrected chi connectivity index (χ3v) is 4.09. The Morgan fingerprint density at radius 1 is 1.36 bits per heavy atom. The van der Waals surface area contributed by atoms with Crippen LogP contribution in [0, 0.1) is 12.8 Å². The molecule has 2 rings (SSSR count). The molecule has 0 aliphatic rings. The van der Waals surface area contributed by atoms with Gasteiger partial charge in [0.05, 0.1) is 0 Å². The SMILES string of the molecule is CCCC[C@@H](CC)CNC(=S)Nc1ccc2oc(C)nc2c1. The van der Waals surface area contributed by atoms with Crippen molar-refractivity contribution in [2.24, 2.45) is 5.92 Å². The molecular weight excluding hydrogens is 294 g/mol. The standard InChI is InChI=1S/C17H25N3OS/c1-4-6-7-13(5-2)11-18-17(22)20-14-8-9-16-15(10-14)19-12(3)21-16/h8-10,13H,4-7,11H2,1-3H3,(H2,18,20,22)/t13-/m1/s1. The topological polar surface area (TPSA) is 50.1 Å². The largest absolute Gasteiger partial charge is 0.441 e. The first-order chi connectivity index (χ1) is 10.6. The Bertz CT molecular complexity index is 623. The Morgan fingerprint density at radius 2 is 2.18 bits per heavy atom. The minimum absolute atomic E-state index is 0.662. The van der Waals surface area contributed by atoms with Gasteiger partial charge in [-0.05, 0) is 42.8 Å². The highest BCUT2D eigenvalue weighted by atomic mass is 32.1. The molecular formula is C17H25N3OS. The minimum atomic E-state index is 0.662. The van der Waals surface area contributed by atoms with Crippen LogP contribution in [0.2, 0.25) is 0 Å². The van der Waals surface area contributed by atoms with E-state index < -0.39 is 0 Å². The molecule has 0 aliphatic heterocycles. The fraction of sp³-hybridized carbons (Fsp3) is 0.529. The van der Waals surface area contributed by atoms with Crippen LogP contribution >= 0.6 is 12.2 Å². The second-order valence-electron chi connectivity index (χ2n) is 5.67. The molecule has 4 nitrogen and oxygen atoms in total. The average molecular weight is 319 g/mol. The smallest absolute Gasteiger partial charge is 0.192 e. The predicted molar refractivity (Wildman–Crippen MR) is 96.3 cm³/mol. The van der Waals surface area contributed by atoms with Gasteiger partial charge in [-0.15, -0.1) is 0 Å². The molecule has 1 aromatic carbocycles. The number of hydrogen-bond acceptors (Lipinski definition) is 3.